The number of carbonyl (C=O) groups excluding carboxylic acids is 1. The van der Waals surface area contributed by atoms with Gasteiger partial charge in [0, 0.05) is 19.1 Å². The lowest BCUT2D eigenvalue weighted by Crippen LogP contribution is -2.45. The van der Waals surface area contributed by atoms with Crippen molar-refractivity contribution in [2.75, 3.05) is 13.1 Å². The number of likely N-dealkylation sites (tertiary alicyclic amines) is 1. The van der Waals surface area contributed by atoms with E-state index in [1.807, 2.05) is 4.90 Å². The highest BCUT2D eigenvalue weighted by atomic mass is 16.4. The molecule has 0 aromatic rings. The van der Waals surface area contributed by atoms with Crippen LogP contribution in [0.2, 0.25) is 0 Å². The molecule has 5 nitrogen and oxygen atoms in total. The van der Waals surface area contributed by atoms with Crippen LogP contribution in [0.25, 0.3) is 0 Å². The fourth-order valence-corrected chi connectivity index (χ4v) is 2.57. The largest absolute Gasteiger partial charge is 0.481 e. The van der Waals surface area contributed by atoms with E-state index in [2.05, 4.69) is 19.2 Å². The molecule has 2 unspecified atom stereocenters. The molecule has 1 aliphatic heterocycles. The van der Waals surface area contributed by atoms with Crippen LogP contribution < -0.4 is 5.32 Å². The maximum Gasteiger partial charge on any atom is 0.317 e. The second kappa shape index (κ2) is 7.36. The van der Waals surface area contributed by atoms with Gasteiger partial charge in [-0.05, 0) is 31.6 Å². The SMILES string of the molecule is CC(CCCNC(=O)N1CCCC1C(C)C)C(=O)O. The van der Waals surface area contributed by atoms with E-state index in [4.69, 9.17) is 5.11 Å². The highest BCUT2D eigenvalue weighted by molar-refractivity contribution is 5.74. The van der Waals surface area contributed by atoms with E-state index >= 15 is 0 Å². The molecular weight excluding hydrogens is 244 g/mol. The summed E-state index contributed by atoms with van der Waals surface area (Å²) in [5.41, 5.74) is 0. The number of carboxylic acid groups (broad SMARTS) is 1. The van der Waals surface area contributed by atoms with Crippen LogP contribution in [0.5, 0.6) is 0 Å². The van der Waals surface area contributed by atoms with Crippen molar-refractivity contribution in [2.45, 2.75) is 52.5 Å². The third-order valence-electron chi connectivity index (χ3n) is 3.84. The Morgan fingerprint density at radius 1 is 1.37 bits per heavy atom. The van der Waals surface area contributed by atoms with E-state index in [0.29, 0.717) is 31.3 Å². The average molecular weight is 270 g/mol. The first-order valence-corrected chi connectivity index (χ1v) is 7.20. The zero-order chi connectivity index (χ0) is 14.4. The minimum absolute atomic E-state index is 0.000761. The van der Waals surface area contributed by atoms with Crippen molar-refractivity contribution in [3.63, 3.8) is 0 Å². The summed E-state index contributed by atoms with van der Waals surface area (Å²) in [6.07, 6.45) is 3.47. The topological polar surface area (TPSA) is 69.6 Å². The molecule has 0 aliphatic carbocycles. The van der Waals surface area contributed by atoms with Crippen molar-refractivity contribution < 1.29 is 14.7 Å². The summed E-state index contributed by atoms with van der Waals surface area (Å²) < 4.78 is 0. The van der Waals surface area contributed by atoms with Crippen LogP contribution in [-0.4, -0.2) is 41.1 Å². The third kappa shape index (κ3) is 4.73. The molecule has 2 N–H and O–H groups in total. The number of aliphatic carboxylic acids is 1. The number of hydrogen-bond donors (Lipinski definition) is 2. The van der Waals surface area contributed by atoms with Gasteiger partial charge in [-0.15, -0.1) is 0 Å². The van der Waals surface area contributed by atoms with Gasteiger partial charge < -0.3 is 15.3 Å². The van der Waals surface area contributed by atoms with E-state index in [9.17, 15) is 9.59 Å². The summed E-state index contributed by atoms with van der Waals surface area (Å²) in [5.74, 6) is -0.627. The predicted octanol–water partition coefficient (Wildman–Crippen LogP) is 2.32. The monoisotopic (exact) mass is 270 g/mol. The van der Waals surface area contributed by atoms with Crippen LogP contribution in [0.4, 0.5) is 4.79 Å². The van der Waals surface area contributed by atoms with Gasteiger partial charge in [0.15, 0.2) is 0 Å². The molecule has 0 aromatic heterocycles. The Balaban J connectivity index is 2.26. The molecule has 0 bridgehead atoms. The summed E-state index contributed by atoms with van der Waals surface area (Å²) in [6.45, 7) is 7.37. The van der Waals surface area contributed by atoms with Gasteiger partial charge in [-0.1, -0.05) is 20.8 Å². The number of nitrogens with one attached hydrogen (secondary N) is 1. The summed E-state index contributed by atoms with van der Waals surface area (Å²) in [7, 11) is 0. The van der Waals surface area contributed by atoms with Crippen molar-refractivity contribution >= 4 is 12.0 Å². The molecule has 110 valence electrons. The zero-order valence-corrected chi connectivity index (χ0v) is 12.2. The van der Waals surface area contributed by atoms with E-state index < -0.39 is 5.97 Å². The van der Waals surface area contributed by atoms with E-state index in [-0.39, 0.29) is 11.9 Å². The molecule has 1 fully saturated rings. The molecular formula is C14H26N2O3. The van der Waals surface area contributed by atoms with Crippen molar-refractivity contribution in [3.05, 3.63) is 0 Å². The number of urea groups is 1. The number of rotatable bonds is 6. The van der Waals surface area contributed by atoms with Crippen LogP contribution in [0.3, 0.4) is 0 Å². The fourth-order valence-electron chi connectivity index (χ4n) is 2.57. The Hall–Kier alpha value is -1.26. The summed E-state index contributed by atoms with van der Waals surface area (Å²) in [5, 5.41) is 11.7. The maximum absolute atomic E-state index is 12.0. The van der Waals surface area contributed by atoms with Crippen LogP contribution >= 0.6 is 0 Å². The van der Waals surface area contributed by atoms with Gasteiger partial charge in [0.05, 0.1) is 5.92 Å². The smallest absolute Gasteiger partial charge is 0.317 e. The lowest BCUT2D eigenvalue weighted by atomic mass is 10.0. The minimum Gasteiger partial charge on any atom is -0.481 e. The molecule has 1 heterocycles. The summed E-state index contributed by atoms with van der Waals surface area (Å²) in [6, 6.07) is 0.345. The van der Waals surface area contributed by atoms with Crippen LogP contribution in [-0.2, 0) is 4.79 Å². The first-order valence-electron chi connectivity index (χ1n) is 7.20. The Kier molecular flexibility index (Phi) is 6.12. The second-order valence-electron chi connectivity index (χ2n) is 5.76. The lowest BCUT2D eigenvalue weighted by molar-refractivity contribution is -0.141. The van der Waals surface area contributed by atoms with E-state index in [0.717, 1.165) is 19.4 Å². The Morgan fingerprint density at radius 2 is 2.05 bits per heavy atom. The van der Waals surface area contributed by atoms with Gasteiger partial charge in [-0.3, -0.25) is 4.79 Å². The Bertz CT molecular complexity index is 318. The second-order valence-corrected chi connectivity index (χ2v) is 5.76. The van der Waals surface area contributed by atoms with E-state index in [1.165, 1.54) is 0 Å². The molecule has 2 atom stereocenters. The normalized spacial score (nSPS) is 20.6. The summed E-state index contributed by atoms with van der Waals surface area (Å²) >= 11 is 0. The maximum atomic E-state index is 12.0. The molecule has 1 aliphatic rings. The third-order valence-corrected chi connectivity index (χ3v) is 3.84. The number of carboxylic acids is 1. The predicted molar refractivity (Wildman–Crippen MR) is 74.0 cm³/mol. The van der Waals surface area contributed by atoms with Crippen molar-refractivity contribution in [1.29, 1.82) is 0 Å². The van der Waals surface area contributed by atoms with Gasteiger partial charge >= 0.3 is 12.0 Å². The highest BCUT2D eigenvalue weighted by Gasteiger charge is 2.30. The number of nitrogens with zero attached hydrogens (tertiary/aromatic N) is 1. The minimum atomic E-state index is -0.772. The Labute approximate surface area is 115 Å². The fraction of sp³-hybridized carbons (Fsp3) is 0.857. The van der Waals surface area contributed by atoms with Gasteiger partial charge in [0.2, 0.25) is 0 Å². The first-order chi connectivity index (χ1) is 8.93. The highest BCUT2D eigenvalue weighted by Crippen LogP contribution is 2.23. The van der Waals surface area contributed by atoms with Crippen LogP contribution in [0.15, 0.2) is 0 Å². The molecule has 0 spiro atoms. The average Bonchev–Trinajstić information content (AvgIpc) is 2.83. The lowest BCUT2D eigenvalue weighted by Gasteiger charge is -2.27. The molecule has 5 heteroatoms. The number of hydrogen-bond acceptors (Lipinski definition) is 2. The van der Waals surface area contributed by atoms with Crippen molar-refractivity contribution in [2.24, 2.45) is 11.8 Å². The summed E-state index contributed by atoms with van der Waals surface area (Å²) in [4.78, 5) is 24.6. The molecule has 1 rings (SSSR count). The van der Waals surface area contributed by atoms with Gasteiger partial charge in [-0.25, -0.2) is 4.79 Å². The van der Waals surface area contributed by atoms with Crippen molar-refractivity contribution in [3.8, 4) is 0 Å². The van der Waals surface area contributed by atoms with Gasteiger partial charge in [0.1, 0.15) is 0 Å². The molecule has 0 radical (unpaired) electrons. The molecule has 19 heavy (non-hydrogen) atoms. The van der Waals surface area contributed by atoms with Gasteiger partial charge in [0.25, 0.3) is 0 Å². The first kappa shape index (κ1) is 15.8. The van der Waals surface area contributed by atoms with Crippen molar-refractivity contribution in [1.82, 2.24) is 10.2 Å². The zero-order valence-electron chi connectivity index (χ0n) is 12.2. The van der Waals surface area contributed by atoms with Gasteiger partial charge in [-0.2, -0.15) is 0 Å². The van der Waals surface area contributed by atoms with E-state index in [1.54, 1.807) is 6.92 Å². The molecule has 2 amide bonds. The quantitative estimate of drug-likeness (QED) is 0.728. The Morgan fingerprint density at radius 3 is 2.63 bits per heavy atom. The van der Waals surface area contributed by atoms with Crippen LogP contribution in [0.1, 0.15) is 46.5 Å². The molecule has 0 aromatic carbocycles. The number of carbonyl (C=O) groups is 2. The standard InChI is InChI=1S/C14H26N2O3/c1-10(2)12-7-5-9-16(12)14(19)15-8-4-6-11(3)13(17)18/h10-12H,4-9H2,1-3H3,(H,15,19)(H,17,18). The number of amides is 2. The van der Waals surface area contributed by atoms with Crippen LogP contribution in [0, 0.1) is 11.8 Å². The molecule has 0 saturated carbocycles. The molecule has 1 saturated heterocycles.